The van der Waals surface area contributed by atoms with E-state index in [-0.39, 0.29) is 21.8 Å². The predicted octanol–water partition coefficient (Wildman–Crippen LogP) is 5.78. The summed E-state index contributed by atoms with van der Waals surface area (Å²) in [5, 5.41) is 15.4. The van der Waals surface area contributed by atoms with Crippen molar-refractivity contribution in [2.45, 2.75) is 0 Å². The highest BCUT2D eigenvalue weighted by molar-refractivity contribution is 9.10. The van der Waals surface area contributed by atoms with E-state index in [0.717, 1.165) is 16.1 Å². The third-order valence-corrected chi connectivity index (χ3v) is 5.70. The molecule has 0 aliphatic rings. The molecule has 1 aromatic heterocycles. The van der Waals surface area contributed by atoms with Gasteiger partial charge in [0.25, 0.3) is 11.6 Å². The van der Waals surface area contributed by atoms with Crippen molar-refractivity contribution in [1.29, 1.82) is 0 Å². The first kappa shape index (κ1) is 21.0. The van der Waals surface area contributed by atoms with Crippen molar-refractivity contribution in [3.63, 3.8) is 0 Å². The van der Waals surface area contributed by atoms with Crippen molar-refractivity contribution in [3.8, 4) is 11.1 Å². The summed E-state index contributed by atoms with van der Waals surface area (Å²) in [5.74, 6) is -1.16. The Labute approximate surface area is 182 Å². The van der Waals surface area contributed by atoms with Crippen LogP contribution in [-0.4, -0.2) is 23.9 Å². The Morgan fingerprint density at radius 1 is 1.21 bits per heavy atom. The zero-order valence-electron chi connectivity index (χ0n) is 14.8. The van der Waals surface area contributed by atoms with Gasteiger partial charge in [0, 0.05) is 27.0 Å². The highest BCUT2D eigenvalue weighted by Gasteiger charge is 2.23. The molecule has 0 saturated carbocycles. The van der Waals surface area contributed by atoms with Crippen molar-refractivity contribution < 1.29 is 19.2 Å². The predicted molar refractivity (Wildman–Crippen MR) is 115 cm³/mol. The van der Waals surface area contributed by atoms with Crippen LogP contribution in [0.5, 0.6) is 0 Å². The number of methoxy groups -OCH3 is 1. The molecule has 1 N–H and O–H groups in total. The first-order valence-corrected chi connectivity index (χ1v) is 10.1. The summed E-state index contributed by atoms with van der Waals surface area (Å²) in [5.41, 5.74) is 1.44. The van der Waals surface area contributed by atoms with Gasteiger partial charge in [0.15, 0.2) is 0 Å². The van der Waals surface area contributed by atoms with Gasteiger partial charge in [-0.25, -0.2) is 4.79 Å². The van der Waals surface area contributed by atoms with Gasteiger partial charge in [-0.15, -0.1) is 11.3 Å². The van der Waals surface area contributed by atoms with Crippen LogP contribution in [0.4, 0.5) is 10.7 Å². The second kappa shape index (κ2) is 8.73. The molecule has 10 heteroatoms. The summed E-state index contributed by atoms with van der Waals surface area (Å²) in [7, 11) is 1.26. The van der Waals surface area contributed by atoms with E-state index in [1.165, 1.54) is 30.6 Å². The van der Waals surface area contributed by atoms with Gasteiger partial charge in [0.1, 0.15) is 15.6 Å². The number of amides is 1. The Hall–Kier alpha value is -2.75. The van der Waals surface area contributed by atoms with E-state index in [1.54, 1.807) is 5.38 Å². The number of anilines is 1. The third-order valence-electron chi connectivity index (χ3n) is 3.97. The number of nitrogens with zero attached hydrogens (tertiary/aromatic N) is 1. The van der Waals surface area contributed by atoms with E-state index in [4.69, 9.17) is 16.3 Å². The number of esters is 1. The van der Waals surface area contributed by atoms with Crippen LogP contribution in [0.25, 0.3) is 11.1 Å². The molecule has 0 aliphatic carbocycles. The van der Waals surface area contributed by atoms with Crippen molar-refractivity contribution in [2.75, 3.05) is 12.4 Å². The lowest BCUT2D eigenvalue weighted by atomic mass is 10.0. The van der Waals surface area contributed by atoms with Crippen LogP contribution in [0.1, 0.15) is 20.7 Å². The maximum Gasteiger partial charge on any atom is 0.341 e. The lowest BCUT2D eigenvalue weighted by Gasteiger charge is -2.08. The fourth-order valence-corrected chi connectivity index (χ4v) is 4.03. The molecule has 148 valence electrons. The summed E-state index contributed by atoms with van der Waals surface area (Å²) in [4.78, 5) is 35.2. The number of nitrogens with one attached hydrogen (secondary N) is 1. The Morgan fingerprint density at radius 3 is 2.48 bits per heavy atom. The summed E-state index contributed by atoms with van der Waals surface area (Å²) in [6.07, 6.45) is 0. The van der Waals surface area contributed by atoms with E-state index in [0.29, 0.717) is 10.6 Å². The first-order valence-electron chi connectivity index (χ1n) is 8.03. The molecule has 0 fully saturated rings. The summed E-state index contributed by atoms with van der Waals surface area (Å²) >= 11 is 10.4. The molecule has 0 spiro atoms. The van der Waals surface area contributed by atoms with Gasteiger partial charge in [-0.3, -0.25) is 14.9 Å². The van der Waals surface area contributed by atoms with Crippen LogP contribution in [0.3, 0.4) is 0 Å². The Bertz CT molecular complexity index is 1110. The number of hydrogen-bond donors (Lipinski definition) is 1. The minimum atomic E-state index is -0.636. The van der Waals surface area contributed by atoms with E-state index < -0.39 is 16.8 Å². The Morgan fingerprint density at radius 2 is 1.90 bits per heavy atom. The molecule has 0 saturated heterocycles. The molecule has 7 nitrogen and oxygen atoms in total. The molecule has 3 rings (SSSR count). The van der Waals surface area contributed by atoms with E-state index in [1.807, 2.05) is 24.3 Å². The van der Waals surface area contributed by atoms with E-state index in [2.05, 4.69) is 21.2 Å². The number of thiophene rings is 1. The number of nitro groups is 1. The SMILES string of the molecule is COC(=O)c1c(-c2ccc(Br)cc2)csc1NC(=O)c1ccc([N+](=O)[O-])c(Cl)c1. The average Bonchev–Trinajstić information content (AvgIpc) is 3.11. The van der Waals surface area contributed by atoms with Gasteiger partial charge in [-0.2, -0.15) is 0 Å². The van der Waals surface area contributed by atoms with Crippen LogP contribution in [-0.2, 0) is 4.74 Å². The molecule has 1 amide bonds. The normalized spacial score (nSPS) is 10.4. The monoisotopic (exact) mass is 494 g/mol. The number of halogens is 2. The van der Waals surface area contributed by atoms with Gasteiger partial charge >= 0.3 is 5.97 Å². The van der Waals surface area contributed by atoms with Gasteiger partial charge in [0.05, 0.1) is 12.0 Å². The minimum Gasteiger partial charge on any atom is -0.465 e. The van der Waals surface area contributed by atoms with Crippen LogP contribution in [0, 0.1) is 10.1 Å². The highest BCUT2D eigenvalue weighted by Crippen LogP contribution is 2.37. The quantitative estimate of drug-likeness (QED) is 0.275. The maximum absolute atomic E-state index is 12.6. The highest BCUT2D eigenvalue weighted by atomic mass is 79.9. The van der Waals surface area contributed by atoms with Gasteiger partial charge in [-0.05, 0) is 29.8 Å². The zero-order valence-corrected chi connectivity index (χ0v) is 17.9. The average molecular weight is 496 g/mol. The number of benzene rings is 2. The Kier molecular flexibility index (Phi) is 6.31. The van der Waals surface area contributed by atoms with Crippen LogP contribution < -0.4 is 5.32 Å². The number of ether oxygens (including phenoxy) is 1. The molecular formula is C19H12BrClN2O5S. The number of nitro benzene ring substituents is 1. The largest absolute Gasteiger partial charge is 0.465 e. The molecule has 0 unspecified atom stereocenters. The second-order valence-electron chi connectivity index (χ2n) is 5.73. The third kappa shape index (κ3) is 4.47. The molecule has 0 bridgehead atoms. The maximum atomic E-state index is 12.6. The Balaban J connectivity index is 1.96. The molecule has 29 heavy (non-hydrogen) atoms. The number of carbonyl (C=O) groups excluding carboxylic acids is 2. The molecule has 1 heterocycles. The van der Waals surface area contributed by atoms with Gasteiger partial charge < -0.3 is 10.1 Å². The topological polar surface area (TPSA) is 98.5 Å². The fourth-order valence-electron chi connectivity index (χ4n) is 2.57. The summed E-state index contributed by atoms with van der Waals surface area (Å²) < 4.78 is 5.77. The van der Waals surface area contributed by atoms with Crippen molar-refractivity contribution in [3.05, 3.63) is 78.6 Å². The first-order chi connectivity index (χ1) is 13.8. The van der Waals surface area contributed by atoms with Crippen LogP contribution in [0.15, 0.2) is 52.3 Å². The smallest absolute Gasteiger partial charge is 0.341 e. The van der Waals surface area contributed by atoms with Crippen LogP contribution >= 0.6 is 38.9 Å². The zero-order chi connectivity index (χ0) is 21.1. The molecule has 3 aromatic rings. The number of carbonyl (C=O) groups is 2. The van der Waals surface area contributed by atoms with Crippen molar-refractivity contribution in [2.24, 2.45) is 0 Å². The minimum absolute atomic E-state index is 0.120. The molecule has 0 radical (unpaired) electrons. The number of rotatable bonds is 5. The fraction of sp³-hybridized carbons (Fsp3) is 0.0526. The van der Waals surface area contributed by atoms with Crippen molar-refractivity contribution >= 4 is 61.4 Å². The van der Waals surface area contributed by atoms with Gasteiger partial charge in [-0.1, -0.05) is 39.7 Å². The van der Waals surface area contributed by atoms with E-state index in [9.17, 15) is 19.7 Å². The molecule has 0 aliphatic heterocycles. The summed E-state index contributed by atoms with van der Waals surface area (Å²) in [6.45, 7) is 0. The lowest BCUT2D eigenvalue weighted by Crippen LogP contribution is -2.14. The second-order valence-corrected chi connectivity index (χ2v) is 7.93. The number of hydrogen-bond acceptors (Lipinski definition) is 6. The summed E-state index contributed by atoms with van der Waals surface area (Å²) in [6, 6.07) is 11.0. The lowest BCUT2D eigenvalue weighted by molar-refractivity contribution is -0.384. The van der Waals surface area contributed by atoms with E-state index >= 15 is 0 Å². The van der Waals surface area contributed by atoms with Crippen LogP contribution in [0.2, 0.25) is 5.02 Å². The van der Waals surface area contributed by atoms with Crippen molar-refractivity contribution in [1.82, 2.24) is 0 Å². The molecule has 0 atom stereocenters. The standard InChI is InChI=1S/C19H12BrClN2O5S/c1-28-19(25)16-13(10-2-5-12(20)6-3-10)9-29-18(16)22-17(24)11-4-7-15(23(26)27)14(21)8-11/h2-9H,1H3,(H,22,24). The van der Waals surface area contributed by atoms with Gasteiger partial charge in [0.2, 0.25) is 0 Å². The molecule has 2 aromatic carbocycles. The molecular weight excluding hydrogens is 484 g/mol.